The molecule has 30 heavy (non-hydrogen) atoms. The summed E-state index contributed by atoms with van der Waals surface area (Å²) in [5.41, 5.74) is 4.52. The van der Waals surface area contributed by atoms with Gasteiger partial charge in [-0.15, -0.1) is 0 Å². The first-order valence-corrected chi connectivity index (χ1v) is 12.9. The lowest BCUT2D eigenvalue weighted by atomic mass is 9.89. The van der Waals surface area contributed by atoms with Gasteiger partial charge >= 0.3 is 4.87 Å². The maximum atomic E-state index is 13.1. The molecule has 4 rings (SSSR count). The summed E-state index contributed by atoms with van der Waals surface area (Å²) >= 11 is 1.09. The fourth-order valence-corrected chi connectivity index (χ4v) is 6.75. The number of rotatable bonds is 6. The normalized spacial score (nSPS) is 15.5. The van der Waals surface area contributed by atoms with E-state index < -0.39 is 10.0 Å². The molecular formula is C23H28N2O3S2. The summed E-state index contributed by atoms with van der Waals surface area (Å²) in [5, 5.41) is 0. The maximum absolute atomic E-state index is 13.1. The minimum Gasteiger partial charge on any atom is -0.296 e. The van der Waals surface area contributed by atoms with Gasteiger partial charge in [0.15, 0.2) is 0 Å². The van der Waals surface area contributed by atoms with E-state index in [1.54, 1.807) is 22.8 Å². The number of hydrogen-bond donors (Lipinski definition) is 1. The van der Waals surface area contributed by atoms with E-state index in [0.717, 1.165) is 35.3 Å². The van der Waals surface area contributed by atoms with Crippen LogP contribution in [0.5, 0.6) is 0 Å². The lowest BCUT2D eigenvalue weighted by Gasteiger charge is -2.21. The summed E-state index contributed by atoms with van der Waals surface area (Å²) in [5.74, 6) is 0. The van der Waals surface area contributed by atoms with Crippen LogP contribution in [0.1, 0.15) is 68.8 Å². The molecule has 1 atom stereocenters. The number of nitrogens with one attached hydrogen (secondary N) is 1. The van der Waals surface area contributed by atoms with Gasteiger partial charge in [-0.3, -0.25) is 9.36 Å². The molecule has 0 unspecified atom stereocenters. The Balaban J connectivity index is 1.65. The number of nitrogens with zero attached hydrogens (tertiary/aromatic N) is 1. The van der Waals surface area contributed by atoms with E-state index in [-0.39, 0.29) is 21.9 Å². The van der Waals surface area contributed by atoms with Crippen LogP contribution in [-0.2, 0) is 22.9 Å². The molecule has 0 saturated heterocycles. The molecule has 1 aromatic heterocycles. The van der Waals surface area contributed by atoms with Gasteiger partial charge in [-0.05, 0) is 80.8 Å². The zero-order valence-corrected chi connectivity index (χ0v) is 19.3. The maximum Gasteiger partial charge on any atom is 0.308 e. The van der Waals surface area contributed by atoms with E-state index in [1.807, 2.05) is 20.8 Å². The zero-order chi connectivity index (χ0) is 21.5. The molecule has 3 aromatic rings. The van der Waals surface area contributed by atoms with Crippen LogP contribution < -0.4 is 9.60 Å². The van der Waals surface area contributed by atoms with Crippen molar-refractivity contribution in [1.29, 1.82) is 0 Å². The first-order valence-electron chi connectivity index (χ1n) is 10.6. The molecule has 1 N–H and O–H groups in total. The predicted molar refractivity (Wildman–Crippen MR) is 123 cm³/mol. The van der Waals surface area contributed by atoms with Crippen molar-refractivity contribution in [3.8, 4) is 0 Å². The highest BCUT2D eigenvalue weighted by molar-refractivity contribution is 7.89. The largest absolute Gasteiger partial charge is 0.308 e. The molecule has 0 saturated carbocycles. The second kappa shape index (κ2) is 8.29. The van der Waals surface area contributed by atoms with E-state index in [1.165, 1.54) is 24.0 Å². The molecule has 1 aliphatic rings. The van der Waals surface area contributed by atoms with Gasteiger partial charge in [0, 0.05) is 12.1 Å². The highest BCUT2D eigenvalue weighted by Gasteiger charge is 2.23. The van der Waals surface area contributed by atoms with Gasteiger partial charge in [0.25, 0.3) is 0 Å². The minimum absolute atomic E-state index is 0.0281. The third kappa shape index (κ3) is 3.98. The Morgan fingerprint density at radius 3 is 2.50 bits per heavy atom. The SMILES string of the molecule is CC[C@@H](NS(=O)(=O)c1ccc2c(c1)sc(=O)n2C(C)C)c1ccc2c(c1)CCCC2. The lowest BCUT2D eigenvalue weighted by Crippen LogP contribution is -2.28. The van der Waals surface area contributed by atoms with Crippen molar-refractivity contribution in [1.82, 2.24) is 9.29 Å². The smallest absolute Gasteiger partial charge is 0.296 e. The van der Waals surface area contributed by atoms with Gasteiger partial charge in [-0.2, -0.15) is 0 Å². The van der Waals surface area contributed by atoms with Crippen LogP contribution in [-0.4, -0.2) is 13.0 Å². The quantitative estimate of drug-likeness (QED) is 0.585. The summed E-state index contributed by atoms with van der Waals surface area (Å²) in [6.07, 6.45) is 5.25. The monoisotopic (exact) mass is 444 g/mol. The average Bonchev–Trinajstić information content (AvgIpc) is 3.06. The van der Waals surface area contributed by atoms with Gasteiger partial charge in [0.05, 0.1) is 15.1 Å². The highest BCUT2D eigenvalue weighted by Crippen LogP contribution is 2.28. The third-order valence-electron chi connectivity index (χ3n) is 5.89. The Morgan fingerprint density at radius 1 is 1.07 bits per heavy atom. The summed E-state index contributed by atoms with van der Waals surface area (Å²) < 4.78 is 31.6. The fraction of sp³-hybridized carbons (Fsp3) is 0.435. The van der Waals surface area contributed by atoms with Gasteiger partial charge in [-0.25, -0.2) is 13.1 Å². The van der Waals surface area contributed by atoms with Gasteiger partial charge < -0.3 is 0 Å². The summed E-state index contributed by atoms with van der Waals surface area (Å²) in [6.45, 7) is 5.89. The molecule has 5 nitrogen and oxygen atoms in total. The number of sulfonamides is 1. The Morgan fingerprint density at radius 2 is 1.80 bits per heavy atom. The minimum atomic E-state index is -3.71. The van der Waals surface area contributed by atoms with Crippen LogP contribution in [0.25, 0.3) is 10.2 Å². The Labute approximate surface area is 181 Å². The summed E-state index contributed by atoms with van der Waals surface area (Å²) in [6, 6.07) is 11.1. The molecular weight excluding hydrogens is 416 g/mol. The molecule has 0 aliphatic heterocycles. The Hall–Kier alpha value is -1.96. The lowest BCUT2D eigenvalue weighted by molar-refractivity contribution is 0.549. The van der Waals surface area contributed by atoms with Crippen LogP contribution in [0.4, 0.5) is 0 Å². The molecule has 160 valence electrons. The van der Waals surface area contributed by atoms with E-state index in [0.29, 0.717) is 11.1 Å². The number of aromatic nitrogens is 1. The van der Waals surface area contributed by atoms with E-state index >= 15 is 0 Å². The first-order chi connectivity index (χ1) is 14.3. The third-order valence-corrected chi connectivity index (χ3v) is 8.28. The molecule has 0 bridgehead atoms. The van der Waals surface area contributed by atoms with Crippen molar-refractivity contribution in [3.05, 3.63) is 62.8 Å². The molecule has 0 radical (unpaired) electrons. The fourth-order valence-electron chi connectivity index (χ4n) is 4.29. The second-order valence-corrected chi connectivity index (χ2v) is 11.0. The van der Waals surface area contributed by atoms with Crippen LogP contribution in [0.2, 0.25) is 0 Å². The number of hydrogen-bond acceptors (Lipinski definition) is 4. The molecule has 1 aliphatic carbocycles. The van der Waals surface area contributed by atoms with Crippen molar-refractivity contribution in [3.63, 3.8) is 0 Å². The molecule has 7 heteroatoms. The molecule has 0 amide bonds. The Bertz CT molecular complexity index is 1240. The van der Waals surface area contributed by atoms with Crippen LogP contribution in [0, 0.1) is 0 Å². The number of fused-ring (bicyclic) bond motifs is 2. The van der Waals surface area contributed by atoms with Gasteiger partial charge in [-0.1, -0.05) is 36.5 Å². The van der Waals surface area contributed by atoms with Gasteiger partial charge in [0.1, 0.15) is 0 Å². The van der Waals surface area contributed by atoms with Crippen LogP contribution in [0.15, 0.2) is 46.1 Å². The zero-order valence-electron chi connectivity index (χ0n) is 17.6. The summed E-state index contributed by atoms with van der Waals surface area (Å²) in [7, 11) is -3.71. The molecule has 0 fully saturated rings. The topological polar surface area (TPSA) is 68.2 Å². The number of aryl methyl sites for hydroxylation is 2. The van der Waals surface area contributed by atoms with Crippen molar-refractivity contribution in [2.45, 2.75) is 69.9 Å². The number of benzene rings is 2. The van der Waals surface area contributed by atoms with Crippen molar-refractivity contribution >= 4 is 31.6 Å². The average molecular weight is 445 g/mol. The molecule has 0 spiro atoms. The van der Waals surface area contributed by atoms with E-state index in [9.17, 15) is 13.2 Å². The second-order valence-electron chi connectivity index (χ2n) is 8.28. The summed E-state index contributed by atoms with van der Waals surface area (Å²) in [4.78, 5) is 12.4. The van der Waals surface area contributed by atoms with Crippen molar-refractivity contribution in [2.75, 3.05) is 0 Å². The molecule has 2 aromatic carbocycles. The highest BCUT2D eigenvalue weighted by atomic mass is 32.2. The van der Waals surface area contributed by atoms with Crippen LogP contribution >= 0.6 is 11.3 Å². The first kappa shape index (κ1) is 21.3. The van der Waals surface area contributed by atoms with E-state index in [4.69, 9.17) is 0 Å². The van der Waals surface area contributed by atoms with Crippen molar-refractivity contribution in [2.24, 2.45) is 0 Å². The standard InChI is InChI=1S/C23H28N2O3S2/c1-4-20(18-10-9-16-7-5-6-8-17(16)13-18)24-30(27,28)19-11-12-21-22(14-19)29-23(26)25(21)15(2)3/h9-15,20,24H,4-8H2,1-3H3/t20-/m1/s1. The Kier molecular flexibility index (Phi) is 5.88. The predicted octanol–water partition coefficient (Wildman–Crippen LogP) is 4.95. The van der Waals surface area contributed by atoms with Gasteiger partial charge in [0.2, 0.25) is 10.0 Å². The van der Waals surface area contributed by atoms with Crippen molar-refractivity contribution < 1.29 is 8.42 Å². The van der Waals surface area contributed by atoms with E-state index in [2.05, 4.69) is 22.9 Å². The number of thiazole rings is 1. The van der Waals surface area contributed by atoms with Crippen LogP contribution in [0.3, 0.4) is 0 Å². The molecule has 1 heterocycles.